The van der Waals surface area contributed by atoms with Crippen molar-refractivity contribution in [3.05, 3.63) is 35.4 Å². The Morgan fingerprint density at radius 1 is 1.06 bits per heavy atom. The summed E-state index contributed by atoms with van der Waals surface area (Å²) in [4.78, 5) is 0.598. The van der Waals surface area contributed by atoms with Gasteiger partial charge in [-0.25, -0.2) is 0 Å². The van der Waals surface area contributed by atoms with E-state index in [0.717, 1.165) is 17.8 Å². The molecule has 1 heteroatoms. The van der Waals surface area contributed by atoms with Gasteiger partial charge in [0.25, 0.3) is 0 Å². The lowest BCUT2D eigenvalue weighted by Gasteiger charge is -2.10. The summed E-state index contributed by atoms with van der Waals surface area (Å²) in [6, 6.07) is 9.05. The molecule has 1 aromatic rings. The van der Waals surface area contributed by atoms with Crippen LogP contribution in [-0.2, 0) is 0 Å². The largest absolute Gasteiger partial charge is 0.0836 e. The maximum atomic E-state index is 3.93. The lowest BCUT2D eigenvalue weighted by atomic mass is 10.0. The van der Waals surface area contributed by atoms with Gasteiger partial charge >= 0.3 is 0 Å². The van der Waals surface area contributed by atoms with Crippen LogP contribution in [0.2, 0.25) is 0 Å². The maximum Gasteiger partial charge on any atom is 0.0429 e. The van der Waals surface area contributed by atoms with E-state index in [9.17, 15) is 0 Å². The van der Waals surface area contributed by atoms with Crippen molar-refractivity contribution in [2.45, 2.75) is 37.4 Å². The van der Waals surface area contributed by atoms with Crippen LogP contribution in [0.25, 0.3) is 0 Å². The van der Waals surface area contributed by atoms with Crippen LogP contribution in [0.15, 0.2) is 24.3 Å². The first-order valence-corrected chi connectivity index (χ1v) is 7.39. The molecule has 3 rings (SSSR count). The Labute approximate surface area is 107 Å². The second kappa shape index (κ2) is 4.18. The average Bonchev–Trinajstić information content (AvgIpc) is 3.03. The Morgan fingerprint density at radius 3 is 2.19 bits per heavy atom. The van der Waals surface area contributed by atoms with Crippen LogP contribution >= 0.6 is 15.9 Å². The molecule has 0 spiro atoms. The van der Waals surface area contributed by atoms with Gasteiger partial charge < -0.3 is 0 Å². The Hall–Kier alpha value is -0.300. The molecular weight excluding hydrogens is 260 g/mol. The minimum Gasteiger partial charge on any atom is -0.0836 e. The lowest BCUT2D eigenvalue weighted by Crippen LogP contribution is -1.95. The number of aryl methyl sites for hydroxylation is 1. The molecule has 0 N–H and O–H groups in total. The fraction of sp³-hybridized carbons (Fsp3) is 0.600. The number of alkyl halides is 1. The van der Waals surface area contributed by atoms with Gasteiger partial charge in [0.2, 0.25) is 0 Å². The van der Waals surface area contributed by atoms with E-state index >= 15 is 0 Å². The zero-order valence-electron chi connectivity index (χ0n) is 9.83. The van der Waals surface area contributed by atoms with E-state index in [1.165, 1.54) is 36.8 Å². The third-order valence-electron chi connectivity index (χ3n) is 4.46. The van der Waals surface area contributed by atoms with Crippen molar-refractivity contribution < 1.29 is 0 Å². The van der Waals surface area contributed by atoms with E-state index in [0.29, 0.717) is 4.83 Å². The van der Waals surface area contributed by atoms with Gasteiger partial charge in [0.15, 0.2) is 0 Å². The molecular formula is C15H19Br. The summed E-state index contributed by atoms with van der Waals surface area (Å²) in [6.45, 7) is 2.16. The molecule has 0 nitrogen and oxygen atoms in total. The molecule has 16 heavy (non-hydrogen) atoms. The molecule has 2 aliphatic carbocycles. The van der Waals surface area contributed by atoms with Crippen molar-refractivity contribution in [3.8, 4) is 0 Å². The number of halogens is 1. The Balaban J connectivity index is 1.74. The second-order valence-corrected chi connectivity index (χ2v) is 6.49. The third kappa shape index (κ3) is 1.84. The zero-order valence-corrected chi connectivity index (χ0v) is 11.4. The highest BCUT2D eigenvalue weighted by Gasteiger charge is 2.53. The molecule has 86 valence electrons. The Bertz CT molecular complexity index is 356. The lowest BCUT2D eigenvalue weighted by molar-refractivity contribution is 0.480. The normalized spacial score (nSPS) is 34.2. The van der Waals surface area contributed by atoms with E-state index < -0.39 is 0 Å². The number of rotatable bonds is 2. The van der Waals surface area contributed by atoms with Crippen molar-refractivity contribution in [1.82, 2.24) is 0 Å². The average molecular weight is 279 g/mol. The van der Waals surface area contributed by atoms with Gasteiger partial charge in [-0.2, -0.15) is 0 Å². The van der Waals surface area contributed by atoms with Gasteiger partial charge in [-0.15, -0.1) is 0 Å². The van der Waals surface area contributed by atoms with Crippen molar-refractivity contribution in [2.75, 3.05) is 0 Å². The van der Waals surface area contributed by atoms with Crippen LogP contribution in [0.4, 0.5) is 0 Å². The molecule has 2 fully saturated rings. The minimum atomic E-state index is 0.598. The quantitative estimate of drug-likeness (QED) is 0.678. The molecule has 2 aliphatic rings. The molecule has 0 heterocycles. The van der Waals surface area contributed by atoms with Crippen LogP contribution in [0, 0.1) is 24.7 Å². The smallest absolute Gasteiger partial charge is 0.0429 e. The fourth-order valence-corrected chi connectivity index (χ4v) is 4.54. The first kappa shape index (κ1) is 10.8. The van der Waals surface area contributed by atoms with Crippen LogP contribution in [-0.4, -0.2) is 0 Å². The standard InChI is InChI=1S/C15H19Br/c1-10-6-8-11(9-7-10)15(16)14-12-4-2-3-5-13(12)14/h6-9,12-15H,2-5H2,1H3. The van der Waals surface area contributed by atoms with Crippen LogP contribution in [0.5, 0.6) is 0 Å². The van der Waals surface area contributed by atoms with Crippen LogP contribution < -0.4 is 0 Å². The van der Waals surface area contributed by atoms with Crippen molar-refractivity contribution in [3.63, 3.8) is 0 Å². The van der Waals surface area contributed by atoms with E-state index in [2.05, 4.69) is 47.1 Å². The first-order valence-electron chi connectivity index (χ1n) is 6.48. The third-order valence-corrected chi connectivity index (χ3v) is 5.60. The summed E-state index contributed by atoms with van der Waals surface area (Å²) in [7, 11) is 0. The fourth-order valence-electron chi connectivity index (χ4n) is 3.45. The molecule has 3 unspecified atom stereocenters. The highest BCUT2D eigenvalue weighted by molar-refractivity contribution is 9.09. The first-order chi connectivity index (χ1) is 7.77. The number of fused-ring (bicyclic) bond motifs is 1. The molecule has 1 aromatic carbocycles. The molecule has 0 aliphatic heterocycles. The zero-order chi connectivity index (χ0) is 11.1. The monoisotopic (exact) mass is 278 g/mol. The molecule has 0 saturated heterocycles. The summed E-state index contributed by atoms with van der Waals surface area (Å²) in [5, 5.41) is 0. The molecule has 0 aromatic heterocycles. The summed E-state index contributed by atoms with van der Waals surface area (Å²) in [5.41, 5.74) is 2.83. The van der Waals surface area contributed by atoms with Crippen molar-refractivity contribution >= 4 is 15.9 Å². The van der Waals surface area contributed by atoms with Crippen molar-refractivity contribution in [1.29, 1.82) is 0 Å². The molecule has 0 amide bonds. The highest BCUT2D eigenvalue weighted by Crippen LogP contribution is 2.62. The number of hydrogen-bond acceptors (Lipinski definition) is 0. The van der Waals surface area contributed by atoms with Gasteiger partial charge in [-0.05, 0) is 43.1 Å². The van der Waals surface area contributed by atoms with E-state index in [1.807, 2.05) is 0 Å². The maximum absolute atomic E-state index is 3.93. The summed E-state index contributed by atoms with van der Waals surface area (Å²) in [5.74, 6) is 2.98. The van der Waals surface area contributed by atoms with Gasteiger partial charge in [0.05, 0.1) is 0 Å². The van der Waals surface area contributed by atoms with Crippen molar-refractivity contribution in [2.24, 2.45) is 17.8 Å². The number of hydrogen-bond donors (Lipinski definition) is 0. The van der Waals surface area contributed by atoms with E-state index in [1.54, 1.807) is 0 Å². The minimum absolute atomic E-state index is 0.598. The Morgan fingerprint density at radius 2 is 1.62 bits per heavy atom. The number of benzene rings is 1. The van der Waals surface area contributed by atoms with Gasteiger partial charge in [0, 0.05) is 4.83 Å². The topological polar surface area (TPSA) is 0 Å². The molecule has 0 bridgehead atoms. The predicted octanol–water partition coefficient (Wildman–Crippen LogP) is 4.87. The van der Waals surface area contributed by atoms with Gasteiger partial charge in [-0.1, -0.05) is 58.6 Å². The molecule has 2 saturated carbocycles. The van der Waals surface area contributed by atoms with Gasteiger partial charge in [-0.3, -0.25) is 0 Å². The van der Waals surface area contributed by atoms with Crippen LogP contribution in [0.1, 0.15) is 41.6 Å². The molecule has 3 atom stereocenters. The van der Waals surface area contributed by atoms with Crippen LogP contribution in [0.3, 0.4) is 0 Å². The summed E-state index contributed by atoms with van der Waals surface area (Å²) in [6.07, 6.45) is 5.88. The second-order valence-electron chi connectivity index (χ2n) is 5.50. The summed E-state index contributed by atoms with van der Waals surface area (Å²) < 4.78 is 0. The summed E-state index contributed by atoms with van der Waals surface area (Å²) >= 11 is 3.93. The van der Waals surface area contributed by atoms with E-state index in [-0.39, 0.29) is 0 Å². The SMILES string of the molecule is Cc1ccc(C(Br)C2C3CCCCC32)cc1. The van der Waals surface area contributed by atoms with E-state index in [4.69, 9.17) is 0 Å². The molecule has 0 radical (unpaired) electrons. The highest BCUT2D eigenvalue weighted by atomic mass is 79.9. The predicted molar refractivity (Wildman–Crippen MR) is 71.8 cm³/mol. The Kier molecular flexibility index (Phi) is 2.83. The van der Waals surface area contributed by atoms with Gasteiger partial charge in [0.1, 0.15) is 0 Å².